The van der Waals surface area contributed by atoms with Gasteiger partial charge in [-0.2, -0.15) is 13.2 Å². The van der Waals surface area contributed by atoms with Crippen LogP contribution in [0.5, 0.6) is 5.88 Å². The van der Waals surface area contributed by atoms with Crippen LogP contribution in [-0.4, -0.2) is 46.1 Å². The van der Waals surface area contributed by atoms with Gasteiger partial charge in [0, 0.05) is 37.3 Å². The molecule has 0 radical (unpaired) electrons. The fraction of sp³-hybridized carbons (Fsp3) is 0.357. The molecule has 41 heavy (non-hydrogen) atoms. The molecule has 6 rings (SSSR count). The summed E-state index contributed by atoms with van der Waals surface area (Å²) in [5, 5.41) is 3.36. The summed E-state index contributed by atoms with van der Waals surface area (Å²) in [7, 11) is 3.42. The molecule has 1 fully saturated rings. The highest BCUT2D eigenvalue weighted by molar-refractivity contribution is 5.86. The molecule has 0 spiro atoms. The lowest BCUT2D eigenvalue weighted by Crippen LogP contribution is -2.07. The maximum atomic E-state index is 13.3. The summed E-state index contributed by atoms with van der Waals surface area (Å²) < 4.78 is 48.9. The van der Waals surface area contributed by atoms with Gasteiger partial charge in [-0.3, -0.25) is 0 Å². The van der Waals surface area contributed by atoms with Crippen LogP contribution in [0.25, 0.3) is 33.9 Å². The van der Waals surface area contributed by atoms with Crippen molar-refractivity contribution in [1.29, 1.82) is 0 Å². The van der Waals surface area contributed by atoms with E-state index < -0.39 is 11.9 Å². The van der Waals surface area contributed by atoms with Gasteiger partial charge in [0.1, 0.15) is 23.2 Å². The minimum Gasteiger partial charge on any atom is -0.480 e. The standard InChI is InChI=1S/C28H28F3N9O/c1-15(2)40-12-19(28(29,30)31)36-25(40)18-7-5-16(6-8-18)11-32-24-22-26(39(3)14-35-22)38-23(37-24)20-21(17-9-10-17)33-13-34-27(20)41-4/h5-8,12-15,17H,9-11H2,1-4H3,(H,32,37,38). The van der Waals surface area contributed by atoms with E-state index in [1.807, 2.05) is 37.6 Å². The normalized spacial score (nSPS) is 13.8. The Labute approximate surface area is 233 Å². The maximum Gasteiger partial charge on any atom is 0.434 e. The number of fused-ring (bicyclic) bond motifs is 1. The molecule has 1 aliphatic rings. The first-order valence-electron chi connectivity index (χ1n) is 13.2. The van der Waals surface area contributed by atoms with Gasteiger partial charge in [-0.05, 0) is 32.3 Å². The van der Waals surface area contributed by atoms with Gasteiger partial charge < -0.3 is 19.2 Å². The van der Waals surface area contributed by atoms with Crippen LogP contribution in [0.15, 0.2) is 43.1 Å². The van der Waals surface area contributed by atoms with Crippen molar-refractivity contribution in [2.45, 2.75) is 51.4 Å². The molecule has 0 unspecified atom stereocenters. The Morgan fingerprint density at radius 1 is 1.05 bits per heavy atom. The van der Waals surface area contributed by atoms with Crippen LogP contribution in [0.1, 0.15) is 55.6 Å². The number of aryl methyl sites for hydroxylation is 1. The van der Waals surface area contributed by atoms with Crippen molar-refractivity contribution in [2.24, 2.45) is 7.05 Å². The van der Waals surface area contributed by atoms with E-state index in [1.54, 1.807) is 25.6 Å². The largest absolute Gasteiger partial charge is 0.480 e. The third-order valence-electron chi connectivity index (χ3n) is 7.03. The third-order valence-corrected chi connectivity index (χ3v) is 7.03. The lowest BCUT2D eigenvalue weighted by Gasteiger charge is -2.13. The second kappa shape index (κ2) is 10.1. The first-order chi connectivity index (χ1) is 19.6. The number of aromatic nitrogens is 8. The van der Waals surface area contributed by atoms with Crippen molar-refractivity contribution < 1.29 is 17.9 Å². The molecule has 0 saturated heterocycles. The molecule has 1 aliphatic carbocycles. The second-order valence-corrected chi connectivity index (χ2v) is 10.3. The summed E-state index contributed by atoms with van der Waals surface area (Å²) in [6.45, 7) is 4.04. The second-order valence-electron chi connectivity index (χ2n) is 10.3. The summed E-state index contributed by atoms with van der Waals surface area (Å²) in [4.78, 5) is 26.8. The Kier molecular flexibility index (Phi) is 6.59. The maximum absolute atomic E-state index is 13.3. The Morgan fingerprint density at radius 3 is 2.46 bits per heavy atom. The zero-order valence-corrected chi connectivity index (χ0v) is 22.9. The van der Waals surface area contributed by atoms with E-state index in [1.165, 1.54) is 10.9 Å². The van der Waals surface area contributed by atoms with E-state index >= 15 is 0 Å². The fourth-order valence-electron chi connectivity index (χ4n) is 4.75. The van der Waals surface area contributed by atoms with Gasteiger partial charge in [-0.1, -0.05) is 24.3 Å². The topological polar surface area (TPSA) is 108 Å². The van der Waals surface area contributed by atoms with E-state index in [0.717, 1.165) is 30.3 Å². The molecule has 10 nitrogen and oxygen atoms in total. The molecule has 0 aliphatic heterocycles. The van der Waals surface area contributed by atoms with Crippen molar-refractivity contribution in [3.63, 3.8) is 0 Å². The van der Waals surface area contributed by atoms with E-state index in [9.17, 15) is 13.2 Å². The minimum absolute atomic E-state index is 0.184. The SMILES string of the molecule is COc1ncnc(C2CC2)c1-c1nc(NCc2ccc(-c3nc(C(F)(F)F)cn3C(C)C)cc2)c2ncn(C)c2n1. The number of ether oxygens (including phenoxy) is 1. The third kappa shape index (κ3) is 5.07. The summed E-state index contributed by atoms with van der Waals surface area (Å²) in [5.74, 6) is 1.99. The van der Waals surface area contributed by atoms with Gasteiger partial charge in [0.25, 0.3) is 0 Å². The highest BCUT2D eigenvalue weighted by Gasteiger charge is 2.35. The molecule has 0 amide bonds. The van der Waals surface area contributed by atoms with Crippen LogP contribution in [0.2, 0.25) is 0 Å². The number of nitrogens with zero attached hydrogens (tertiary/aromatic N) is 8. The Morgan fingerprint density at radius 2 is 1.80 bits per heavy atom. The summed E-state index contributed by atoms with van der Waals surface area (Å²) >= 11 is 0. The van der Waals surface area contributed by atoms with Crippen LogP contribution < -0.4 is 10.1 Å². The van der Waals surface area contributed by atoms with Crippen molar-refractivity contribution in [1.82, 2.24) is 39.0 Å². The molecular formula is C28H28F3N9O. The lowest BCUT2D eigenvalue weighted by molar-refractivity contribution is -0.140. The number of hydrogen-bond donors (Lipinski definition) is 1. The highest BCUT2D eigenvalue weighted by Crippen LogP contribution is 2.45. The first kappa shape index (κ1) is 26.7. The molecule has 13 heteroatoms. The summed E-state index contributed by atoms with van der Waals surface area (Å²) in [5.41, 5.74) is 3.38. The molecule has 4 heterocycles. The molecular weight excluding hydrogens is 535 g/mol. The smallest absolute Gasteiger partial charge is 0.434 e. The Hall–Kier alpha value is -4.55. The number of hydrogen-bond acceptors (Lipinski definition) is 8. The molecule has 5 aromatic rings. The van der Waals surface area contributed by atoms with Crippen LogP contribution in [0, 0.1) is 0 Å². The van der Waals surface area contributed by atoms with E-state index in [0.29, 0.717) is 52.3 Å². The average Bonchev–Trinajstić information content (AvgIpc) is 3.58. The number of rotatable bonds is 8. The quantitative estimate of drug-likeness (QED) is 0.253. The minimum atomic E-state index is -4.51. The predicted octanol–water partition coefficient (Wildman–Crippen LogP) is 5.78. The summed E-state index contributed by atoms with van der Waals surface area (Å²) in [6, 6.07) is 7.07. The highest BCUT2D eigenvalue weighted by atomic mass is 19.4. The summed E-state index contributed by atoms with van der Waals surface area (Å²) in [6.07, 6.45) is 1.80. The van der Waals surface area contributed by atoms with Gasteiger partial charge in [0.2, 0.25) is 5.88 Å². The molecule has 1 saturated carbocycles. The zero-order chi connectivity index (χ0) is 28.9. The van der Waals surface area contributed by atoms with Gasteiger partial charge >= 0.3 is 6.18 Å². The van der Waals surface area contributed by atoms with Gasteiger partial charge in [-0.25, -0.2) is 29.9 Å². The number of benzene rings is 1. The average molecular weight is 564 g/mol. The molecule has 1 N–H and O–H groups in total. The van der Waals surface area contributed by atoms with Gasteiger partial charge in [0.15, 0.2) is 23.0 Å². The predicted molar refractivity (Wildman–Crippen MR) is 146 cm³/mol. The van der Waals surface area contributed by atoms with Crippen LogP contribution in [0.3, 0.4) is 0 Å². The van der Waals surface area contributed by atoms with Crippen molar-refractivity contribution in [2.75, 3.05) is 12.4 Å². The number of imidazole rings is 2. The molecule has 4 aromatic heterocycles. The van der Waals surface area contributed by atoms with Crippen LogP contribution >= 0.6 is 0 Å². The number of nitrogens with one attached hydrogen (secondary N) is 1. The number of alkyl halides is 3. The van der Waals surface area contributed by atoms with Crippen molar-refractivity contribution in [3.8, 4) is 28.7 Å². The van der Waals surface area contributed by atoms with Gasteiger partial charge in [-0.15, -0.1) is 0 Å². The first-order valence-corrected chi connectivity index (χ1v) is 13.2. The lowest BCUT2D eigenvalue weighted by atomic mass is 10.1. The fourth-order valence-corrected chi connectivity index (χ4v) is 4.75. The molecule has 0 atom stereocenters. The number of halogens is 3. The Balaban J connectivity index is 1.31. The molecule has 1 aromatic carbocycles. The zero-order valence-electron chi connectivity index (χ0n) is 22.9. The van der Waals surface area contributed by atoms with Gasteiger partial charge in [0.05, 0.1) is 19.1 Å². The van der Waals surface area contributed by atoms with Crippen molar-refractivity contribution >= 4 is 17.0 Å². The number of methoxy groups -OCH3 is 1. The van der Waals surface area contributed by atoms with Crippen molar-refractivity contribution in [3.05, 3.63) is 60.1 Å². The van der Waals surface area contributed by atoms with Crippen LogP contribution in [0.4, 0.5) is 19.0 Å². The molecule has 0 bridgehead atoms. The monoisotopic (exact) mass is 563 g/mol. The van der Waals surface area contributed by atoms with E-state index in [4.69, 9.17) is 14.7 Å². The van der Waals surface area contributed by atoms with E-state index in [-0.39, 0.29) is 11.9 Å². The Bertz CT molecular complexity index is 1720. The van der Waals surface area contributed by atoms with E-state index in [2.05, 4.69) is 25.3 Å². The van der Waals surface area contributed by atoms with Crippen LogP contribution in [-0.2, 0) is 19.8 Å². The number of anilines is 1. The molecule has 212 valence electrons.